The molecule has 1 atom stereocenters. The van der Waals surface area contributed by atoms with Crippen molar-refractivity contribution in [1.29, 1.82) is 0 Å². The number of benzene rings is 1. The van der Waals surface area contributed by atoms with Crippen LogP contribution in [0, 0.1) is 19.3 Å². The lowest BCUT2D eigenvalue weighted by Gasteiger charge is -2.12. The predicted octanol–water partition coefficient (Wildman–Crippen LogP) is 1.14. The fourth-order valence-corrected chi connectivity index (χ4v) is 1.26. The molecule has 1 rings (SSSR count). The van der Waals surface area contributed by atoms with Gasteiger partial charge in [0.2, 0.25) is 0 Å². The molecule has 1 aromatic rings. The van der Waals surface area contributed by atoms with Crippen molar-refractivity contribution in [2.75, 3.05) is 7.11 Å². The van der Waals surface area contributed by atoms with Gasteiger partial charge < -0.3 is 4.74 Å². The second kappa shape index (κ2) is 4.66. The van der Waals surface area contributed by atoms with Crippen molar-refractivity contribution in [3.8, 4) is 18.1 Å². The number of aryl methyl sites for hydroxylation is 1. The van der Waals surface area contributed by atoms with E-state index in [4.69, 9.17) is 17.0 Å². The Morgan fingerprint density at radius 1 is 1.57 bits per heavy atom. The van der Waals surface area contributed by atoms with E-state index in [1.165, 1.54) is 0 Å². The molecule has 1 unspecified atom stereocenters. The summed E-state index contributed by atoms with van der Waals surface area (Å²) < 4.78 is 5.19. The van der Waals surface area contributed by atoms with Gasteiger partial charge in [-0.1, -0.05) is 18.1 Å². The molecule has 0 aliphatic heterocycles. The first-order chi connectivity index (χ1) is 6.72. The van der Waals surface area contributed by atoms with E-state index in [1.54, 1.807) is 7.11 Å². The van der Waals surface area contributed by atoms with Gasteiger partial charge in [-0.05, 0) is 24.1 Å². The maximum atomic E-state index is 5.31. The number of hydrogen-bond acceptors (Lipinski definition) is 3. The van der Waals surface area contributed by atoms with Crippen LogP contribution in [-0.4, -0.2) is 7.11 Å². The van der Waals surface area contributed by atoms with Gasteiger partial charge in [0.1, 0.15) is 11.8 Å². The van der Waals surface area contributed by atoms with Crippen molar-refractivity contribution in [3.63, 3.8) is 0 Å². The van der Waals surface area contributed by atoms with E-state index in [9.17, 15) is 0 Å². The smallest absolute Gasteiger partial charge is 0.122 e. The van der Waals surface area contributed by atoms with E-state index >= 15 is 0 Å². The van der Waals surface area contributed by atoms with Gasteiger partial charge in [-0.25, -0.2) is 5.43 Å². The highest BCUT2D eigenvalue weighted by atomic mass is 16.5. The molecule has 0 aromatic heterocycles. The van der Waals surface area contributed by atoms with E-state index in [0.29, 0.717) is 0 Å². The molecule has 3 heteroatoms. The van der Waals surface area contributed by atoms with Crippen molar-refractivity contribution in [2.45, 2.75) is 13.0 Å². The van der Waals surface area contributed by atoms with Gasteiger partial charge in [0, 0.05) is 0 Å². The van der Waals surface area contributed by atoms with Gasteiger partial charge in [0.25, 0.3) is 0 Å². The molecule has 1 aromatic carbocycles. The molecule has 3 nitrogen and oxygen atoms in total. The number of rotatable bonds is 3. The summed E-state index contributed by atoms with van der Waals surface area (Å²) in [6.07, 6.45) is 5.31. The summed E-state index contributed by atoms with van der Waals surface area (Å²) in [5.41, 5.74) is 4.55. The number of terminal acetylenes is 1. The lowest BCUT2D eigenvalue weighted by Crippen LogP contribution is -2.26. The molecule has 0 aliphatic rings. The second-order valence-corrected chi connectivity index (χ2v) is 3.00. The first-order valence-corrected chi connectivity index (χ1v) is 4.29. The number of methoxy groups -OCH3 is 1. The molecule has 0 aliphatic carbocycles. The maximum absolute atomic E-state index is 5.31. The molecule has 0 radical (unpaired) electrons. The molecule has 0 heterocycles. The third kappa shape index (κ3) is 2.05. The minimum Gasteiger partial charge on any atom is -0.496 e. The fraction of sp³-hybridized carbons (Fsp3) is 0.273. The average molecular weight is 190 g/mol. The Labute approximate surface area is 84.2 Å². The number of ether oxygens (including phenoxy) is 1. The number of nitrogens with two attached hydrogens (primary N) is 1. The van der Waals surface area contributed by atoms with Crippen molar-refractivity contribution >= 4 is 0 Å². The minimum atomic E-state index is -0.274. The van der Waals surface area contributed by atoms with Crippen LogP contribution in [0.4, 0.5) is 0 Å². The van der Waals surface area contributed by atoms with Gasteiger partial charge in [0.15, 0.2) is 0 Å². The number of hydrogen-bond donors (Lipinski definition) is 2. The van der Waals surface area contributed by atoms with Crippen LogP contribution in [0.5, 0.6) is 5.75 Å². The minimum absolute atomic E-state index is 0.274. The quantitative estimate of drug-likeness (QED) is 0.427. The largest absolute Gasteiger partial charge is 0.496 e. The maximum Gasteiger partial charge on any atom is 0.122 e. The average Bonchev–Trinajstić information content (AvgIpc) is 2.22. The van der Waals surface area contributed by atoms with Crippen molar-refractivity contribution in [2.24, 2.45) is 5.84 Å². The van der Waals surface area contributed by atoms with Gasteiger partial charge in [-0.3, -0.25) is 5.84 Å². The molecule has 0 saturated carbocycles. The molecule has 0 spiro atoms. The van der Waals surface area contributed by atoms with Crippen LogP contribution in [0.1, 0.15) is 17.2 Å². The normalized spacial score (nSPS) is 11.9. The molecule has 0 bridgehead atoms. The Morgan fingerprint density at radius 2 is 2.29 bits per heavy atom. The van der Waals surface area contributed by atoms with Gasteiger partial charge in [-0.15, -0.1) is 6.42 Å². The summed E-state index contributed by atoms with van der Waals surface area (Å²) in [5.74, 6) is 8.68. The molecular weight excluding hydrogens is 176 g/mol. The number of nitrogens with one attached hydrogen (secondary N) is 1. The van der Waals surface area contributed by atoms with E-state index in [2.05, 4.69) is 11.3 Å². The predicted molar refractivity (Wildman–Crippen MR) is 56.6 cm³/mol. The van der Waals surface area contributed by atoms with Crippen LogP contribution in [0.3, 0.4) is 0 Å². The van der Waals surface area contributed by atoms with E-state index in [-0.39, 0.29) is 6.04 Å². The van der Waals surface area contributed by atoms with E-state index < -0.39 is 0 Å². The van der Waals surface area contributed by atoms with Crippen LogP contribution in [0.15, 0.2) is 18.2 Å². The topological polar surface area (TPSA) is 47.3 Å². The lowest BCUT2D eigenvalue weighted by molar-refractivity contribution is 0.410. The zero-order chi connectivity index (χ0) is 10.6. The summed E-state index contributed by atoms with van der Waals surface area (Å²) in [5, 5.41) is 0. The van der Waals surface area contributed by atoms with E-state index in [0.717, 1.165) is 16.9 Å². The molecule has 14 heavy (non-hydrogen) atoms. The zero-order valence-corrected chi connectivity index (χ0v) is 8.37. The summed E-state index contributed by atoms with van der Waals surface area (Å²) in [6.45, 7) is 1.98. The Kier molecular flexibility index (Phi) is 3.52. The first-order valence-electron chi connectivity index (χ1n) is 4.29. The third-order valence-electron chi connectivity index (χ3n) is 2.10. The van der Waals surface area contributed by atoms with E-state index in [1.807, 2.05) is 25.1 Å². The van der Waals surface area contributed by atoms with Crippen molar-refractivity contribution < 1.29 is 4.74 Å². The third-order valence-corrected chi connectivity index (χ3v) is 2.10. The number of hydrazine groups is 1. The summed E-state index contributed by atoms with van der Waals surface area (Å²) >= 11 is 0. The summed E-state index contributed by atoms with van der Waals surface area (Å²) in [7, 11) is 1.63. The van der Waals surface area contributed by atoms with Crippen molar-refractivity contribution in [3.05, 3.63) is 29.3 Å². The Hall–Kier alpha value is -1.50. The van der Waals surface area contributed by atoms with Crippen molar-refractivity contribution in [1.82, 2.24) is 5.43 Å². The van der Waals surface area contributed by atoms with Gasteiger partial charge >= 0.3 is 0 Å². The van der Waals surface area contributed by atoms with Gasteiger partial charge in [-0.2, -0.15) is 0 Å². The van der Waals surface area contributed by atoms with Crippen LogP contribution in [-0.2, 0) is 0 Å². The SMILES string of the molecule is C#CC(NN)c1ccc(C)c(OC)c1. The second-order valence-electron chi connectivity index (χ2n) is 3.00. The highest BCUT2D eigenvalue weighted by Crippen LogP contribution is 2.22. The Bertz CT molecular complexity index is 355. The lowest BCUT2D eigenvalue weighted by atomic mass is 10.1. The highest BCUT2D eigenvalue weighted by Gasteiger charge is 2.07. The van der Waals surface area contributed by atoms with Crippen LogP contribution in [0.25, 0.3) is 0 Å². The molecule has 0 amide bonds. The molecular formula is C11H14N2O. The van der Waals surface area contributed by atoms with Crippen LogP contribution < -0.4 is 16.0 Å². The standard InChI is InChI=1S/C11H14N2O/c1-4-10(13-12)9-6-5-8(2)11(7-9)14-3/h1,5-7,10,13H,12H2,2-3H3. The van der Waals surface area contributed by atoms with Gasteiger partial charge in [0.05, 0.1) is 7.11 Å². The fourth-order valence-electron chi connectivity index (χ4n) is 1.26. The molecule has 74 valence electrons. The summed E-state index contributed by atoms with van der Waals surface area (Å²) in [4.78, 5) is 0. The monoisotopic (exact) mass is 190 g/mol. The molecule has 0 saturated heterocycles. The zero-order valence-electron chi connectivity index (χ0n) is 8.37. The molecule has 3 N–H and O–H groups in total. The van der Waals surface area contributed by atoms with Crippen LogP contribution >= 0.6 is 0 Å². The Balaban J connectivity index is 3.06. The first kappa shape index (κ1) is 10.6. The van der Waals surface area contributed by atoms with Crippen LogP contribution in [0.2, 0.25) is 0 Å². The molecule has 0 fully saturated rings. The Morgan fingerprint density at radius 3 is 2.79 bits per heavy atom. The summed E-state index contributed by atoms with van der Waals surface area (Å²) in [6, 6.07) is 5.50. The highest BCUT2D eigenvalue weighted by molar-refractivity contribution is 5.39.